The first-order chi connectivity index (χ1) is 22.1. The summed E-state index contributed by atoms with van der Waals surface area (Å²) in [6.07, 6.45) is 0. The highest BCUT2D eigenvalue weighted by Crippen LogP contribution is 2.37. The zero-order chi connectivity index (χ0) is 34.0. The third-order valence-electron chi connectivity index (χ3n) is 7.58. The second-order valence-electron chi connectivity index (χ2n) is 10.3. The first-order valence-electron chi connectivity index (χ1n) is 13.2. The van der Waals surface area contributed by atoms with Crippen LogP contribution in [0.4, 0.5) is 0 Å². The van der Waals surface area contributed by atoms with Crippen molar-refractivity contribution in [2.75, 3.05) is 0 Å². The van der Waals surface area contributed by atoms with Crippen LogP contribution in [0.3, 0.4) is 0 Å². The van der Waals surface area contributed by atoms with Crippen molar-refractivity contribution in [3.63, 3.8) is 0 Å². The molecule has 0 amide bonds. The normalized spacial score (nSPS) is 12.0. The molecule has 6 rings (SSSR count). The largest absolute Gasteiger partial charge is 0.478 e. The van der Waals surface area contributed by atoms with Gasteiger partial charge in [0.25, 0.3) is 20.2 Å². The Morgan fingerprint density at radius 1 is 0.511 bits per heavy atom. The second-order valence-corrected chi connectivity index (χ2v) is 13.0. The average Bonchev–Trinajstić information content (AvgIpc) is 2.99. The third kappa shape index (κ3) is 5.22. The van der Waals surface area contributed by atoms with E-state index in [9.17, 15) is 55.3 Å². The van der Waals surface area contributed by atoms with E-state index in [1.54, 1.807) is 12.1 Å². The Labute approximate surface area is 263 Å². The quantitative estimate of drug-likeness (QED) is 0.0773. The molecule has 0 aliphatic rings. The van der Waals surface area contributed by atoms with E-state index < -0.39 is 86.9 Å². The van der Waals surface area contributed by atoms with Gasteiger partial charge in [0.05, 0.1) is 22.3 Å². The summed E-state index contributed by atoms with van der Waals surface area (Å²) >= 11 is 0. The van der Waals surface area contributed by atoms with Crippen LogP contribution in [0, 0.1) is 0 Å². The highest BCUT2D eigenvalue weighted by Gasteiger charge is 2.30. The van der Waals surface area contributed by atoms with Crippen molar-refractivity contribution < 1.29 is 60.1 Å². The number of hydrogen-bond acceptors (Lipinski definition) is 9. The molecule has 0 aromatic heterocycles. The van der Waals surface area contributed by atoms with E-state index >= 15 is 0 Å². The molecule has 236 valence electrons. The van der Waals surface area contributed by atoms with Crippen molar-refractivity contribution >= 4 is 87.2 Å². The number of rotatable bonds is 6. The van der Waals surface area contributed by atoms with Gasteiger partial charge >= 0.3 is 23.9 Å². The second kappa shape index (κ2) is 11.0. The van der Waals surface area contributed by atoms with Crippen molar-refractivity contribution in [1.82, 2.24) is 0 Å². The summed E-state index contributed by atoms with van der Waals surface area (Å²) in [6.45, 7) is 0. The standard InChI is InChI=1S/C32H18O13S2/c33-29(34)27-17-7-3-1-5-15(17)13-21-23(46(39,40)41)11-9-19(25(21)27)31(37)45-32(38)20-10-12-24(47(42,43)44)22-14-16-6-2-4-8-18(16)28(26(20)22)30(35)36/h1-14H,(H,33,34)(H,35,36)(H,39,40,41)(H,42,43,44). The van der Waals surface area contributed by atoms with E-state index in [-0.39, 0.29) is 32.3 Å². The monoisotopic (exact) mass is 674 g/mol. The lowest BCUT2D eigenvalue weighted by Gasteiger charge is -2.16. The Hall–Kier alpha value is -5.74. The van der Waals surface area contributed by atoms with Crippen LogP contribution in [0.15, 0.2) is 94.7 Å². The maximum atomic E-state index is 13.6. The number of benzene rings is 6. The number of carbonyl (C=O) groups is 4. The fourth-order valence-electron chi connectivity index (χ4n) is 5.74. The maximum absolute atomic E-state index is 13.6. The number of carboxylic acid groups (broad SMARTS) is 2. The summed E-state index contributed by atoms with van der Waals surface area (Å²) in [4.78, 5) is 50.8. The summed E-state index contributed by atoms with van der Waals surface area (Å²) in [5.41, 5.74) is -2.26. The van der Waals surface area contributed by atoms with Gasteiger partial charge in [0.1, 0.15) is 9.79 Å². The highest BCUT2D eigenvalue weighted by atomic mass is 32.2. The molecule has 0 aliphatic carbocycles. The van der Waals surface area contributed by atoms with Crippen LogP contribution in [0.2, 0.25) is 0 Å². The predicted molar refractivity (Wildman–Crippen MR) is 166 cm³/mol. The molecule has 6 aromatic rings. The van der Waals surface area contributed by atoms with Gasteiger partial charge in [-0.3, -0.25) is 9.11 Å². The minimum Gasteiger partial charge on any atom is -0.478 e. The minimum atomic E-state index is -4.96. The molecule has 0 fully saturated rings. The molecule has 0 saturated heterocycles. The fraction of sp³-hybridized carbons (Fsp3) is 0. The summed E-state index contributed by atoms with van der Waals surface area (Å²) in [5, 5.41) is 19.3. The van der Waals surface area contributed by atoms with E-state index in [0.717, 1.165) is 24.3 Å². The van der Waals surface area contributed by atoms with E-state index in [1.807, 2.05) is 0 Å². The molecule has 4 N–H and O–H groups in total. The van der Waals surface area contributed by atoms with E-state index in [1.165, 1.54) is 48.5 Å². The van der Waals surface area contributed by atoms with Gasteiger partial charge in [-0.2, -0.15) is 16.8 Å². The van der Waals surface area contributed by atoms with Gasteiger partial charge in [-0.05, 0) is 57.9 Å². The smallest absolute Gasteiger partial charge is 0.346 e. The number of carbonyl (C=O) groups excluding carboxylic acids is 2. The van der Waals surface area contributed by atoms with Crippen LogP contribution in [-0.4, -0.2) is 60.0 Å². The van der Waals surface area contributed by atoms with Crippen LogP contribution in [0.5, 0.6) is 0 Å². The Morgan fingerprint density at radius 2 is 0.872 bits per heavy atom. The van der Waals surface area contributed by atoms with E-state index in [4.69, 9.17) is 4.74 Å². The van der Waals surface area contributed by atoms with Crippen molar-refractivity contribution in [3.8, 4) is 0 Å². The molecule has 0 heterocycles. The van der Waals surface area contributed by atoms with Gasteiger partial charge in [-0.1, -0.05) is 48.5 Å². The zero-order valence-corrected chi connectivity index (χ0v) is 25.0. The van der Waals surface area contributed by atoms with Crippen LogP contribution in [0.1, 0.15) is 41.4 Å². The minimum absolute atomic E-state index is 0.0881. The topological polar surface area (TPSA) is 227 Å². The number of hydrogen-bond donors (Lipinski definition) is 4. The molecule has 0 unspecified atom stereocenters. The first kappa shape index (κ1) is 31.3. The molecule has 13 nitrogen and oxygen atoms in total. The lowest BCUT2D eigenvalue weighted by Crippen LogP contribution is -2.17. The first-order valence-corrected chi connectivity index (χ1v) is 16.1. The highest BCUT2D eigenvalue weighted by molar-refractivity contribution is 7.86. The molecule has 0 saturated carbocycles. The Balaban J connectivity index is 1.60. The summed E-state index contributed by atoms with van der Waals surface area (Å²) in [7, 11) is -9.92. The molecule has 0 bridgehead atoms. The van der Waals surface area contributed by atoms with Crippen LogP contribution < -0.4 is 0 Å². The number of carboxylic acids is 2. The zero-order valence-electron chi connectivity index (χ0n) is 23.4. The van der Waals surface area contributed by atoms with Gasteiger partial charge in [0.2, 0.25) is 0 Å². The van der Waals surface area contributed by atoms with Crippen LogP contribution in [0.25, 0.3) is 43.1 Å². The summed E-state index contributed by atoms with van der Waals surface area (Å²) in [6, 6.07) is 17.7. The van der Waals surface area contributed by atoms with Gasteiger partial charge in [0.15, 0.2) is 0 Å². The Bertz CT molecular complexity index is 2460. The summed E-state index contributed by atoms with van der Waals surface area (Å²) in [5.74, 6) is -6.12. The predicted octanol–water partition coefficient (Wildman–Crippen LogP) is 5.19. The number of aromatic carboxylic acids is 2. The lowest BCUT2D eigenvalue weighted by molar-refractivity contribution is 0.0400. The molecule has 0 aliphatic heterocycles. The van der Waals surface area contributed by atoms with Crippen molar-refractivity contribution in [2.45, 2.75) is 9.79 Å². The molecule has 0 radical (unpaired) electrons. The average molecular weight is 675 g/mol. The SMILES string of the molecule is O=C(OC(=O)c1ccc(S(=O)(=O)O)c2cc3ccccc3c(C(=O)O)c12)c1ccc(S(=O)(=O)O)c2cc3ccccc3c(C(=O)O)c12. The molecule has 15 heteroatoms. The van der Waals surface area contributed by atoms with Gasteiger partial charge < -0.3 is 14.9 Å². The Kier molecular flexibility index (Phi) is 7.28. The molecule has 0 spiro atoms. The molecular weight excluding hydrogens is 656 g/mol. The van der Waals surface area contributed by atoms with Gasteiger partial charge in [0, 0.05) is 21.5 Å². The molecule has 47 heavy (non-hydrogen) atoms. The van der Waals surface area contributed by atoms with Gasteiger partial charge in [-0.15, -0.1) is 0 Å². The van der Waals surface area contributed by atoms with Crippen molar-refractivity contribution in [3.05, 3.63) is 107 Å². The number of ether oxygens (including phenoxy) is 1. The van der Waals surface area contributed by atoms with E-state index in [0.29, 0.717) is 0 Å². The van der Waals surface area contributed by atoms with Crippen molar-refractivity contribution in [2.24, 2.45) is 0 Å². The summed E-state index contributed by atoms with van der Waals surface area (Å²) < 4.78 is 73.8. The van der Waals surface area contributed by atoms with Crippen LogP contribution >= 0.6 is 0 Å². The van der Waals surface area contributed by atoms with Crippen LogP contribution in [-0.2, 0) is 25.0 Å². The number of esters is 2. The van der Waals surface area contributed by atoms with Gasteiger partial charge in [-0.25, -0.2) is 19.2 Å². The number of fused-ring (bicyclic) bond motifs is 4. The van der Waals surface area contributed by atoms with E-state index in [2.05, 4.69) is 0 Å². The lowest BCUT2D eigenvalue weighted by atomic mass is 9.93. The molecule has 6 aromatic carbocycles. The maximum Gasteiger partial charge on any atom is 0.346 e. The van der Waals surface area contributed by atoms with Crippen molar-refractivity contribution in [1.29, 1.82) is 0 Å². The third-order valence-corrected chi connectivity index (χ3v) is 9.40. The Morgan fingerprint density at radius 3 is 1.21 bits per heavy atom. The fourth-order valence-corrected chi connectivity index (χ4v) is 7.09. The molecule has 0 atom stereocenters. The molecular formula is C32H18O13S2.